The van der Waals surface area contributed by atoms with E-state index in [9.17, 15) is 18.4 Å². The lowest BCUT2D eigenvalue weighted by Crippen LogP contribution is -2.50. The summed E-state index contributed by atoms with van der Waals surface area (Å²) in [6.45, 7) is 2.33. The molecule has 1 saturated heterocycles. The van der Waals surface area contributed by atoms with Crippen LogP contribution in [0.25, 0.3) is 0 Å². The third-order valence-electron chi connectivity index (χ3n) is 3.99. The van der Waals surface area contributed by atoms with Crippen molar-refractivity contribution in [2.45, 2.75) is 6.92 Å². The minimum absolute atomic E-state index is 0.0936. The summed E-state index contributed by atoms with van der Waals surface area (Å²) in [6, 6.07) is 10.2. The van der Waals surface area contributed by atoms with Gasteiger partial charge in [-0.25, -0.2) is 8.78 Å². The average Bonchev–Trinajstić information content (AvgIpc) is 2.57. The number of amides is 2. The van der Waals surface area contributed by atoms with Gasteiger partial charge in [-0.2, -0.15) is 0 Å². The van der Waals surface area contributed by atoms with Crippen molar-refractivity contribution in [3.05, 3.63) is 54.1 Å². The Morgan fingerprint density at radius 2 is 1.72 bits per heavy atom. The monoisotopic (exact) mass is 345 g/mol. The maximum Gasteiger partial charge on any atom is 0.246 e. The van der Waals surface area contributed by atoms with E-state index in [0.29, 0.717) is 24.5 Å². The van der Waals surface area contributed by atoms with Crippen molar-refractivity contribution >= 4 is 28.9 Å². The first-order chi connectivity index (χ1) is 11.9. The summed E-state index contributed by atoms with van der Waals surface area (Å²) >= 11 is 0. The average molecular weight is 345 g/mol. The molecule has 2 aromatic carbocycles. The fourth-order valence-corrected chi connectivity index (χ4v) is 2.78. The molecule has 0 aliphatic carbocycles. The van der Waals surface area contributed by atoms with Crippen LogP contribution in [0.2, 0.25) is 0 Å². The highest BCUT2D eigenvalue weighted by Gasteiger charge is 2.25. The molecule has 5 nitrogen and oxygen atoms in total. The Morgan fingerprint density at radius 3 is 2.32 bits per heavy atom. The maximum absolute atomic E-state index is 14.1. The fraction of sp³-hybridized carbons (Fsp3) is 0.222. The van der Waals surface area contributed by atoms with Gasteiger partial charge >= 0.3 is 0 Å². The van der Waals surface area contributed by atoms with Crippen molar-refractivity contribution in [1.29, 1.82) is 0 Å². The van der Waals surface area contributed by atoms with Crippen molar-refractivity contribution in [2.75, 3.05) is 34.8 Å². The number of nitrogens with one attached hydrogen (secondary N) is 1. The van der Waals surface area contributed by atoms with Crippen molar-refractivity contribution in [2.24, 2.45) is 0 Å². The van der Waals surface area contributed by atoms with Crippen molar-refractivity contribution in [3.8, 4) is 0 Å². The van der Waals surface area contributed by atoms with Crippen molar-refractivity contribution in [3.63, 3.8) is 0 Å². The molecular weight excluding hydrogens is 328 g/mol. The van der Waals surface area contributed by atoms with Crippen LogP contribution in [0.3, 0.4) is 0 Å². The zero-order chi connectivity index (χ0) is 18.0. The largest absolute Gasteiger partial charge is 0.360 e. The topological polar surface area (TPSA) is 52.7 Å². The van der Waals surface area contributed by atoms with Gasteiger partial charge in [-0.15, -0.1) is 0 Å². The van der Waals surface area contributed by atoms with E-state index in [2.05, 4.69) is 5.32 Å². The van der Waals surface area contributed by atoms with E-state index in [0.717, 1.165) is 0 Å². The van der Waals surface area contributed by atoms with Crippen molar-refractivity contribution in [1.82, 2.24) is 0 Å². The minimum atomic E-state index is -0.555. The highest BCUT2D eigenvalue weighted by Crippen LogP contribution is 2.25. The fourth-order valence-electron chi connectivity index (χ4n) is 2.78. The molecule has 1 fully saturated rings. The molecule has 0 radical (unpaired) electrons. The van der Waals surface area contributed by atoms with Crippen LogP contribution in [0.4, 0.5) is 25.8 Å². The second-order valence-electron chi connectivity index (χ2n) is 5.79. The Balaban J connectivity index is 1.72. The lowest BCUT2D eigenvalue weighted by Gasteiger charge is -2.35. The van der Waals surface area contributed by atoms with E-state index >= 15 is 0 Å². The molecule has 1 heterocycles. The molecule has 0 atom stereocenters. The van der Waals surface area contributed by atoms with Gasteiger partial charge in [0.25, 0.3) is 0 Å². The molecule has 1 N–H and O–H groups in total. The normalized spacial score (nSPS) is 14.6. The van der Waals surface area contributed by atoms with Gasteiger partial charge in [0.2, 0.25) is 11.8 Å². The molecule has 0 spiro atoms. The number of hydrogen-bond acceptors (Lipinski definition) is 3. The molecule has 130 valence electrons. The Kier molecular flexibility index (Phi) is 4.65. The minimum Gasteiger partial charge on any atom is -0.360 e. The number of carbonyl (C=O) groups excluding carboxylic acids is 2. The van der Waals surface area contributed by atoms with Crippen LogP contribution in [0.1, 0.15) is 6.92 Å². The molecule has 25 heavy (non-hydrogen) atoms. The number of rotatable bonds is 3. The van der Waals surface area contributed by atoms with Gasteiger partial charge in [0.1, 0.15) is 11.6 Å². The molecule has 1 aliphatic rings. The van der Waals surface area contributed by atoms with Crippen LogP contribution >= 0.6 is 0 Å². The van der Waals surface area contributed by atoms with Gasteiger partial charge in [0.15, 0.2) is 0 Å². The summed E-state index contributed by atoms with van der Waals surface area (Å²) in [7, 11) is 0. The molecule has 7 heteroatoms. The summed E-state index contributed by atoms with van der Waals surface area (Å²) in [5, 5.41) is 2.41. The van der Waals surface area contributed by atoms with Crippen LogP contribution in [-0.2, 0) is 9.59 Å². The van der Waals surface area contributed by atoms with E-state index in [1.807, 2.05) is 0 Å². The zero-order valence-corrected chi connectivity index (χ0v) is 13.6. The standard InChI is InChI=1S/C18H17F2N3O2/c1-12(24)21-17-7-6-15(10-16(17)20)22-8-9-23(18(25)11-22)14-4-2-13(19)3-5-14/h2-7,10H,8-9,11H2,1H3,(H,21,24). The number of nitrogens with zero attached hydrogens (tertiary/aromatic N) is 2. The number of carbonyl (C=O) groups is 2. The van der Waals surface area contributed by atoms with Gasteiger partial charge < -0.3 is 15.1 Å². The molecule has 2 aromatic rings. The van der Waals surface area contributed by atoms with Gasteiger partial charge in [-0.05, 0) is 42.5 Å². The van der Waals surface area contributed by atoms with E-state index in [1.165, 1.54) is 31.2 Å². The van der Waals surface area contributed by atoms with E-state index < -0.39 is 5.82 Å². The number of benzene rings is 2. The third-order valence-corrected chi connectivity index (χ3v) is 3.99. The second kappa shape index (κ2) is 6.88. The second-order valence-corrected chi connectivity index (χ2v) is 5.79. The van der Waals surface area contributed by atoms with Gasteiger partial charge in [0.05, 0.1) is 12.2 Å². The van der Waals surface area contributed by atoms with E-state index in [4.69, 9.17) is 0 Å². The van der Waals surface area contributed by atoms with Crippen LogP contribution in [0.5, 0.6) is 0 Å². The Bertz CT molecular complexity index is 808. The Hall–Kier alpha value is -2.96. The molecule has 0 aromatic heterocycles. The predicted octanol–water partition coefficient (Wildman–Crippen LogP) is 2.78. The molecular formula is C18H17F2N3O2. The van der Waals surface area contributed by atoms with Gasteiger partial charge in [0, 0.05) is 31.4 Å². The zero-order valence-electron chi connectivity index (χ0n) is 13.6. The number of halogens is 2. The maximum atomic E-state index is 14.1. The number of anilines is 3. The number of piperazine rings is 1. The molecule has 0 saturated carbocycles. The summed E-state index contributed by atoms with van der Waals surface area (Å²) in [4.78, 5) is 26.8. The molecule has 0 unspecified atom stereocenters. The first-order valence-electron chi connectivity index (χ1n) is 7.82. The summed E-state index contributed by atoms with van der Waals surface area (Å²) in [5.41, 5.74) is 1.31. The molecule has 3 rings (SSSR count). The number of hydrogen-bond donors (Lipinski definition) is 1. The summed E-state index contributed by atoms with van der Waals surface area (Å²) in [5.74, 6) is -1.41. The highest BCUT2D eigenvalue weighted by molar-refractivity contribution is 5.97. The Labute approximate surface area is 143 Å². The highest BCUT2D eigenvalue weighted by atomic mass is 19.1. The molecule has 2 amide bonds. The van der Waals surface area contributed by atoms with Crippen LogP contribution in [-0.4, -0.2) is 31.4 Å². The van der Waals surface area contributed by atoms with E-state index in [1.54, 1.807) is 28.0 Å². The quantitative estimate of drug-likeness (QED) is 0.931. The smallest absolute Gasteiger partial charge is 0.246 e. The SMILES string of the molecule is CC(=O)Nc1ccc(N2CCN(c3ccc(F)cc3)C(=O)C2)cc1F. The van der Waals surface area contributed by atoms with Crippen LogP contribution in [0.15, 0.2) is 42.5 Å². The van der Waals surface area contributed by atoms with Crippen LogP contribution in [0, 0.1) is 11.6 Å². The lowest BCUT2D eigenvalue weighted by molar-refractivity contribution is -0.118. The Morgan fingerprint density at radius 1 is 1.04 bits per heavy atom. The first kappa shape index (κ1) is 16.9. The van der Waals surface area contributed by atoms with Crippen LogP contribution < -0.4 is 15.1 Å². The summed E-state index contributed by atoms with van der Waals surface area (Å²) < 4.78 is 27.1. The predicted molar refractivity (Wildman–Crippen MR) is 91.7 cm³/mol. The lowest BCUT2D eigenvalue weighted by atomic mass is 10.2. The molecule has 0 bridgehead atoms. The summed E-state index contributed by atoms with van der Waals surface area (Å²) in [6.07, 6.45) is 0. The van der Waals surface area contributed by atoms with E-state index in [-0.39, 0.29) is 29.9 Å². The van der Waals surface area contributed by atoms with Gasteiger partial charge in [-0.3, -0.25) is 9.59 Å². The first-order valence-corrected chi connectivity index (χ1v) is 7.82. The third kappa shape index (κ3) is 3.76. The van der Waals surface area contributed by atoms with Crippen molar-refractivity contribution < 1.29 is 18.4 Å². The van der Waals surface area contributed by atoms with Gasteiger partial charge in [-0.1, -0.05) is 0 Å². The molecule has 1 aliphatic heterocycles.